The molecule has 3 aromatic heterocycles. The maximum absolute atomic E-state index is 4.67. The molecule has 27 heavy (non-hydrogen) atoms. The molecule has 0 aliphatic rings. The van der Waals surface area contributed by atoms with Crippen LogP contribution in [0.3, 0.4) is 0 Å². The fourth-order valence-electron chi connectivity index (χ4n) is 3.33. The molecule has 0 aliphatic heterocycles. The van der Waals surface area contributed by atoms with Gasteiger partial charge in [0.05, 0.1) is 17.7 Å². The molecule has 1 aromatic carbocycles. The van der Waals surface area contributed by atoms with Crippen LogP contribution in [0.25, 0.3) is 10.8 Å². The lowest BCUT2D eigenvalue weighted by atomic mass is 10.1. The zero-order chi connectivity index (χ0) is 18.5. The van der Waals surface area contributed by atoms with Crippen molar-refractivity contribution in [3.63, 3.8) is 0 Å². The minimum absolute atomic E-state index is 0.783. The SMILES string of the molecule is Cc1cccnc1CN(CCc1cnc[nH]1)Cc1nccc2ccccc12. The Morgan fingerprint density at radius 2 is 1.78 bits per heavy atom. The van der Waals surface area contributed by atoms with Crippen LogP contribution in [0.2, 0.25) is 0 Å². The lowest BCUT2D eigenvalue weighted by Gasteiger charge is -2.23. The normalized spacial score (nSPS) is 11.3. The van der Waals surface area contributed by atoms with Crippen molar-refractivity contribution in [3.05, 3.63) is 90.0 Å². The van der Waals surface area contributed by atoms with Gasteiger partial charge in [-0.3, -0.25) is 14.9 Å². The Balaban J connectivity index is 1.59. The molecule has 0 unspecified atom stereocenters. The lowest BCUT2D eigenvalue weighted by Crippen LogP contribution is -2.27. The third-order valence-corrected chi connectivity index (χ3v) is 4.87. The molecule has 0 bridgehead atoms. The van der Waals surface area contributed by atoms with Crippen molar-refractivity contribution >= 4 is 10.8 Å². The van der Waals surface area contributed by atoms with E-state index in [0.717, 1.165) is 43.1 Å². The third-order valence-electron chi connectivity index (χ3n) is 4.87. The summed E-state index contributed by atoms with van der Waals surface area (Å²) < 4.78 is 0. The molecular formula is C22H23N5. The van der Waals surface area contributed by atoms with Crippen molar-refractivity contribution in [2.24, 2.45) is 0 Å². The van der Waals surface area contributed by atoms with E-state index in [4.69, 9.17) is 0 Å². The molecule has 0 saturated carbocycles. The van der Waals surface area contributed by atoms with Gasteiger partial charge in [0, 0.05) is 55.7 Å². The van der Waals surface area contributed by atoms with Crippen LogP contribution >= 0.6 is 0 Å². The molecule has 1 N–H and O–H groups in total. The highest BCUT2D eigenvalue weighted by atomic mass is 15.1. The van der Waals surface area contributed by atoms with Crippen molar-refractivity contribution < 1.29 is 0 Å². The Bertz CT molecular complexity index is 1000. The summed E-state index contributed by atoms with van der Waals surface area (Å²) in [6, 6.07) is 14.6. The molecule has 4 aromatic rings. The number of nitrogens with one attached hydrogen (secondary N) is 1. The number of fused-ring (bicyclic) bond motifs is 1. The molecule has 0 radical (unpaired) electrons. The topological polar surface area (TPSA) is 57.7 Å². The summed E-state index contributed by atoms with van der Waals surface area (Å²) >= 11 is 0. The highest BCUT2D eigenvalue weighted by Crippen LogP contribution is 2.19. The molecule has 0 atom stereocenters. The van der Waals surface area contributed by atoms with Gasteiger partial charge in [0.1, 0.15) is 0 Å². The highest BCUT2D eigenvalue weighted by Gasteiger charge is 2.13. The first-order chi connectivity index (χ1) is 13.3. The van der Waals surface area contributed by atoms with Crippen molar-refractivity contribution in [2.45, 2.75) is 26.4 Å². The molecule has 5 nitrogen and oxygen atoms in total. The van der Waals surface area contributed by atoms with Crippen LogP contribution < -0.4 is 0 Å². The molecule has 5 heteroatoms. The quantitative estimate of drug-likeness (QED) is 0.545. The summed E-state index contributed by atoms with van der Waals surface area (Å²) in [5.74, 6) is 0. The summed E-state index contributed by atoms with van der Waals surface area (Å²) in [5.41, 5.74) is 4.58. The van der Waals surface area contributed by atoms with Crippen LogP contribution in [0.15, 0.2) is 67.4 Å². The number of benzene rings is 1. The number of imidazole rings is 1. The van der Waals surface area contributed by atoms with E-state index in [1.807, 2.05) is 24.7 Å². The predicted octanol–water partition coefficient (Wildman–Crippen LogP) is 3.91. The number of hydrogen-bond donors (Lipinski definition) is 1. The summed E-state index contributed by atoms with van der Waals surface area (Å²) in [7, 11) is 0. The van der Waals surface area contributed by atoms with Crippen LogP contribution in [0.4, 0.5) is 0 Å². The third kappa shape index (κ3) is 4.20. The molecule has 136 valence electrons. The van der Waals surface area contributed by atoms with E-state index in [1.54, 1.807) is 6.33 Å². The first kappa shape index (κ1) is 17.4. The number of H-pyrrole nitrogens is 1. The van der Waals surface area contributed by atoms with Crippen LogP contribution in [0, 0.1) is 6.92 Å². The number of aromatic nitrogens is 4. The number of aromatic amines is 1. The van der Waals surface area contributed by atoms with Gasteiger partial charge in [0.25, 0.3) is 0 Å². The van der Waals surface area contributed by atoms with Crippen LogP contribution in [-0.4, -0.2) is 31.4 Å². The number of nitrogens with zero attached hydrogens (tertiary/aromatic N) is 4. The first-order valence-electron chi connectivity index (χ1n) is 9.22. The minimum Gasteiger partial charge on any atom is -0.348 e. The van der Waals surface area contributed by atoms with E-state index in [0.29, 0.717) is 0 Å². The number of aryl methyl sites for hydroxylation is 1. The average molecular weight is 357 g/mol. The molecule has 0 fully saturated rings. The van der Waals surface area contributed by atoms with E-state index in [9.17, 15) is 0 Å². The van der Waals surface area contributed by atoms with Crippen molar-refractivity contribution in [1.82, 2.24) is 24.8 Å². The second-order valence-electron chi connectivity index (χ2n) is 6.78. The maximum Gasteiger partial charge on any atom is 0.0921 e. The predicted molar refractivity (Wildman–Crippen MR) is 107 cm³/mol. The van der Waals surface area contributed by atoms with Gasteiger partial charge >= 0.3 is 0 Å². The standard InChI is InChI=1S/C22H23N5/c1-17-5-4-10-24-21(17)14-27(12-9-19-13-23-16-26-19)15-22-20-7-3-2-6-18(20)8-11-25-22/h2-8,10-11,13,16H,9,12,14-15H2,1H3,(H,23,26). The molecule has 3 heterocycles. The van der Waals surface area contributed by atoms with Gasteiger partial charge in [0.2, 0.25) is 0 Å². The van der Waals surface area contributed by atoms with Gasteiger partial charge in [-0.25, -0.2) is 4.98 Å². The molecule has 4 rings (SSSR count). The Labute approximate surface area is 159 Å². The molecule has 0 spiro atoms. The largest absolute Gasteiger partial charge is 0.348 e. The summed E-state index contributed by atoms with van der Waals surface area (Å²) in [5, 5.41) is 2.44. The van der Waals surface area contributed by atoms with E-state index in [1.165, 1.54) is 16.3 Å². The van der Waals surface area contributed by atoms with Gasteiger partial charge < -0.3 is 4.98 Å². The van der Waals surface area contributed by atoms with Crippen molar-refractivity contribution in [3.8, 4) is 0 Å². The fraction of sp³-hybridized carbons (Fsp3) is 0.227. The zero-order valence-corrected chi connectivity index (χ0v) is 15.5. The van der Waals surface area contributed by atoms with Crippen LogP contribution in [-0.2, 0) is 19.5 Å². The Hall–Kier alpha value is -3.05. The summed E-state index contributed by atoms with van der Waals surface area (Å²) in [6.07, 6.45) is 8.30. The summed E-state index contributed by atoms with van der Waals surface area (Å²) in [6.45, 7) is 4.60. The van der Waals surface area contributed by atoms with Gasteiger partial charge in [-0.1, -0.05) is 30.3 Å². The minimum atomic E-state index is 0.783. The number of hydrogen-bond acceptors (Lipinski definition) is 4. The van der Waals surface area contributed by atoms with Gasteiger partial charge in [0.15, 0.2) is 0 Å². The average Bonchev–Trinajstić information content (AvgIpc) is 3.22. The van der Waals surface area contributed by atoms with E-state index >= 15 is 0 Å². The van der Waals surface area contributed by atoms with Crippen molar-refractivity contribution in [1.29, 1.82) is 0 Å². The van der Waals surface area contributed by atoms with Gasteiger partial charge in [-0.15, -0.1) is 0 Å². The van der Waals surface area contributed by atoms with Gasteiger partial charge in [-0.05, 0) is 30.0 Å². The molecular weight excluding hydrogens is 334 g/mol. The van der Waals surface area contributed by atoms with Crippen LogP contribution in [0.5, 0.6) is 0 Å². The molecule has 0 saturated heterocycles. The van der Waals surface area contributed by atoms with Gasteiger partial charge in [-0.2, -0.15) is 0 Å². The zero-order valence-electron chi connectivity index (χ0n) is 15.5. The molecule has 0 amide bonds. The second-order valence-corrected chi connectivity index (χ2v) is 6.78. The molecule has 0 aliphatic carbocycles. The second kappa shape index (κ2) is 8.10. The fourth-order valence-corrected chi connectivity index (χ4v) is 3.33. The van der Waals surface area contributed by atoms with E-state index in [-0.39, 0.29) is 0 Å². The Morgan fingerprint density at radius 3 is 2.63 bits per heavy atom. The van der Waals surface area contributed by atoms with Crippen LogP contribution in [0.1, 0.15) is 22.6 Å². The number of pyridine rings is 2. The van der Waals surface area contributed by atoms with Crippen molar-refractivity contribution in [2.75, 3.05) is 6.54 Å². The Morgan fingerprint density at radius 1 is 0.926 bits per heavy atom. The highest BCUT2D eigenvalue weighted by molar-refractivity contribution is 5.84. The lowest BCUT2D eigenvalue weighted by molar-refractivity contribution is 0.254. The number of rotatable bonds is 7. The maximum atomic E-state index is 4.67. The van der Waals surface area contributed by atoms with E-state index in [2.05, 4.69) is 68.2 Å². The summed E-state index contributed by atoms with van der Waals surface area (Å²) in [4.78, 5) is 19.0. The van der Waals surface area contributed by atoms with E-state index < -0.39 is 0 Å². The Kier molecular flexibility index (Phi) is 5.21. The first-order valence-corrected chi connectivity index (χ1v) is 9.22. The monoisotopic (exact) mass is 357 g/mol. The smallest absolute Gasteiger partial charge is 0.0921 e.